The molecule has 1 heterocycles. The fraction of sp³-hybridized carbons (Fsp3) is 0.158. The quantitative estimate of drug-likeness (QED) is 0.778. The average Bonchev–Trinajstić information content (AvgIpc) is 2.88. The second-order valence-corrected chi connectivity index (χ2v) is 5.84. The number of ether oxygens (including phenoxy) is 1. The van der Waals surface area contributed by atoms with Crippen molar-refractivity contribution in [2.45, 2.75) is 13.0 Å². The number of hydrogen-bond acceptors (Lipinski definition) is 6. The molecule has 134 valence electrons. The van der Waals surface area contributed by atoms with Crippen molar-refractivity contribution in [2.24, 2.45) is 0 Å². The Morgan fingerprint density at radius 3 is 2.31 bits per heavy atom. The third kappa shape index (κ3) is 2.73. The van der Waals surface area contributed by atoms with Gasteiger partial charge in [0.15, 0.2) is 23.0 Å². The van der Waals surface area contributed by atoms with Gasteiger partial charge in [-0.15, -0.1) is 0 Å². The smallest absolute Gasteiger partial charge is 0.294 e. The van der Waals surface area contributed by atoms with E-state index in [0.717, 1.165) is 0 Å². The van der Waals surface area contributed by atoms with Gasteiger partial charge in [0, 0.05) is 5.69 Å². The minimum Gasteiger partial charge on any atom is -0.508 e. The summed E-state index contributed by atoms with van der Waals surface area (Å²) in [5, 5.41) is 29.6. The van der Waals surface area contributed by atoms with Crippen molar-refractivity contribution < 1.29 is 29.6 Å². The van der Waals surface area contributed by atoms with Gasteiger partial charge in [-0.25, -0.2) is 0 Å². The molecule has 0 aromatic heterocycles. The maximum Gasteiger partial charge on any atom is 0.294 e. The van der Waals surface area contributed by atoms with Gasteiger partial charge in [-0.1, -0.05) is 6.07 Å². The molecule has 7 nitrogen and oxygen atoms in total. The van der Waals surface area contributed by atoms with Crippen molar-refractivity contribution in [3.05, 3.63) is 59.4 Å². The molecule has 7 heteroatoms. The largest absolute Gasteiger partial charge is 0.508 e. The number of carbonyl (C=O) groups is 2. The molecule has 0 spiro atoms. The lowest BCUT2D eigenvalue weighted by Crippen LogP contribution is -2.30. The Morgan fingerprint density at radius 2 is 1.73 bits per heavy atom. The first kappa shape index (κ1) is 17.3. The lowest BCUT2D eigenvalue weighted by Gasteiger charge is -2.27. The predicted molar refractivity (Wildman–Crippen MR) is 93.3 cm³/mol. The van der Waals surface area contributed by atoms with Crippen LogP contribution in [0.3, 0.4) is 0 Å². The van der Waals surface area contributed by atoms with Crippen LogP contribution in [0.5, 0.6) is 17.2 Å². The van der Waals surface area contributed by atoms with Gasteiger partial charge in [-0.05, 0) is 48.9 Å². The van der Waals surface area contributed by atoms with E-state index < -0.39 is 23.5 Å². The SMILES string of the molecule is COc1cc([C@@H]2C(C(C)=O)=C(O)C(=O)N2c2ccc(O)cc2)ccc1O. The second-order valence-electron chi connectivity index (χ2n) is 5.84. The van der Waals surface area contributed by atoms with Crippen molar-refractivity contribution in [3.8, 4) is 17.2 Å². The Bertz CT molecular complexity index is 916. The molecule has 0 unspecified atom stereocenters. The highest BCUT2D eigenvalue weighted by molar-refractivity contribution is 6.16. The number of anilines is 1. The van der Waals surface area contributed by atoms with Crippen LogP contribution in [0.2, 0.25) is 0 Å². The molecule has 2 aromatic rings. The van der Waals surface area contributed by atoms with Crippen LogP contribution in [0, 0.1) is 0 Å². The van der Waals surface area contributed by atoms with E-state index in [0.29, 0.717) is 11.3 Å². The van der Waals surface area contributed by atoms with Gasteiger partial charge in [0.05, 0.1) is 18.7 Å². The number of methoxy groups -OCH3 is 1. The van der Waals surface area contributed by atoms with Gasteiger partial charge < -0.3 is 20.1 Å². The van der Waals surface area contributed by atoms with Gasteiger partial charge >= 0.3 is 0 Å². The number of ketones is 1. The highest BCUT2D eigenvalue weighted by Gasteiger charge is 2.43. The van der Waals surface area contributed by atoms with E-state index in [1.807, 2.05) is 0 Å². The highest BCUT2D eigenvalue weighted by Crippen LogP contribution is 2.43. The number of phenols is 2. The summed E-state index contributed by atoms with van der Waals surface area (Å²) >= 11 is 0. The van der Waals surface area contributed by atoms with Crippen LogP contribution in [-0.2, 0) is 9.59 Å². The zero-order chi connectivity index (χ0) is 19.0. The fourth-order valence-electron chi connectivity index (χ4n) is 3.02. The Morgan fingerprint density at radius 1 is 1.08 bits per heavy atom. The monoisotopic (exact) mass is 355 g/mol. The number of Topliss-reactive ketones (excluding diaryl/α,β-unsaturated/α-hetero) is 1. The number of hydrogen-bond donors (Lipinski definition) is 3. The topological polar surface area (TPSA) is 107 Å². The molecule has 2 aromatic carbocycles. The lowest BCUT2D eigenvalue weighted by atomic mass is 9.96. The number of rotatable bonds is 4. The number of aliphatic hydroxyl groups is 1. The Hall–Kier alpha value is -3.48. The second kappa shape index (κ2) is 6.44. The van der Waals surface area contributed by atoms with Gasteiger partial charge in [0.2, 0.25) is 0 Å². The number of phenolic OH excluding ortho intramolecular Hbond substituents is 2. The Labute approximate surface area is 149 Å². The zero-order valence-corrected chi connectivity index (χ0v) is 14.1. The summed E-state index contributed by atoms with van der Waals surface area (Å²) < 4.78 is 5.10. The molecular formula is C19H17NO6. The van der Waals surface area contributed by atoms with Crippen LogP contribution in [0.15, 0.2) is 53.8 Å². The van der Waals surface area contributed by atoms with Crippen LogP contribution in [0.1, 0.15) is 18.5 Å². The van der Waals surface area contributed by atoms with Crippen LogP contribution in [-0.4, -0.2) is 34.1 Å². The van der Waals surface area contributed by atoms with Crippen LogP contribution in [0.25, 0.3) is 0 Å². The molecule has 0 fully saturated rings. The van der Waals surface area contributed by atoms with Gasteiger partial charge in [0.1, 0.15) is 5.75 Å². The van der Waals surface area contributed by atoms with E-state index in [9.17, 15) is 24.9 Å². The van der Waals surface area contributed by atoms with Crippen LogP contribution >= 0.6 is 0 Å². The van der Waals surface area contributed by atoms with Crippen molar-refractivity contribution in [1.82, 2.24) is 0 Å². The number of carbonyl (C=O) groups excluding carboxylic acids is 2. The lowest BCUT2D eigenvalue weighted by molar-refractivity contribution is -0.117. The third-order valence-corrected chi connectivity index (χ3v) is 4.23. The number of benzene rings is 2. The molecule has 3 rings (SSSR count). The Balaban J connectivity index is 2.19. The summed E-state index contributed by atoms with van der Waals surface area (Å²) in [5.41, 5.74) is 0.832. The summed E-state index contributed by atoms with van der Waals surface area (Å²) in [6.07, 6.45) is 0. The number of amides is 1. The molecule has 1 aliphatic heterocycles. The summed E-state index contributed by atoms with van der Waals surface area (Å²) in [4.78, 5) is 26.0. The van der Waals surface area contributed by atoms with Crippen molar-refractivity contribution in [2.75, 3.05) is 12.0 Å². The normalized spacial score (nSPS) is 16.9. The van der Waals surface area contributed by atoms with E-state index in [4.69, 9.17) is 4.74 Å². The number of aliphatic hydroxyl groups excluding tert-OH is 1. The summed E-state index contributed by atoms with van der Waals surface area (Å²) in [6, 6.07) is 9.37. The minimum atomic E-state index is -0.890. The molecule has 0 radical (unpaired) electrons. The van der Waals surface area contributed by atoms with Gasteiger partial charge in [-0.3, -0.25) is 14.5 Å². The maximum absolute atomic E-state index is 12.6. The van der Waals surface area contributed by atoms with Crippen molar-refractivity contribution >= 4 is 17.4 Å². The maximum atomic E-state index is 12.6. The Kier molecular flexibility index (Phi) is 4.29. The first-order valence-electron chi connectivity index (χ1n) is 7.78. The van der Waals surface area contributed by atoms with E-state index in [1.54, 1.807) is 6.07 Å². The molecule has 1 atom stereocenters. The van der Waals surface area contributed by atoms with Crippen molar-refractivity contribution in [1.29, 1.82) is 0 Å². The highest BCUT2D eigenvalue weighted by atomic mass is 16.5. The van der Waals surface area contributed by atoms with Crippen LogP contribution in [0.4, 0.5) is 5.69 Å². The molecule has 0 saturated carbocycles. The first-order chi connectivity index (χ1) is 12.3. The third-order valence-electron chi connectivity index (χ3n) is 4.23. The fourth-order valence-corrected chi connectivity index (χ4v) is 3.02. The van der Waals surface area contributed by atoms with E-state index in [-0.39, 0.29) is 22.8 Å². The first-order valence-corrected chi connectivity index (χ1v) is 7.78. The van der Waals surface area contributed by atoms with E-state index in [1.165, 1.54) is 55.3 Å². The standard InChI is InChI=1S/C19H17NO6/c1-10(21)16-17(11-3-8-14(23)15(9-11)26-2)20(19(25)18(16)24)12-4-6-13(22)7-5-12/h3-9,17,22-24H,1-2H3/t17-/m1/s1. The molecule has 26 heavy (non-hydrogen) atoms. The molecule has 1 amide bonds. The summed E-state index contributed by atoms with van der Waals surface area (Å²) in [6.45, 7) is 1.27. The molecule has 1 aliphatic rings. The minimum absolute atomic E-state index is 0.0206. The van der Waals surface area contributed by atoms with Gasteiger partial charge in [0.25, 0.3) is 5.91 Å². The average molecular weight is 355 g/mol. The van der Waals surface area contributed by atoms with Crippen LogP contribution < -0.4 is 9.64 Å². The van der Waals surface area contributed by atoms with Crippen molar-refractivity contribution in [3.63, 3.8) is 0 Å². The van der Waals surface area contributed by atoms with E-state index in [2.05, 4.69) is 0 Å². The molecule has 0 aliphatic carbocycles. The number of nitrogens with zero attached hydrogens (tertiary/aromatic N) is 1. The summed E-state index contributed by atoms with van der Waals surface area (Å²) in [7, 11) is 1.38. The molecule has 3 N–H and O–H groups in total. The van der Waals surface area contributed by atoms with Gasteiger partial charge in [-0.2, -0.15) is 0 Å². The predicted octanol–water partition coefficient (Wildman–Crippen LogP) is 2.60. The zero-order valence-electron chi connectivity index (χ0n) is 14.1. The van der Waals surface area contributed by atoms with E-state index >= 15 is 0 Å². The number of aromatic hydroxyl groups is 2. The molecule has 0 saturated heterocycles. The molecular weight excluding hydrogens is 338 g/mol. The summed E-state index contributed by atoms with van der Waals surface area (Å²) in [5.74, 6) is -1.69. The molecule has 0 bridgehead atoms.